The summed E-state index contributed by atoms with van der Waals surface area (Å²) in [5, 5.41) is 0.813. The molecule has 0 aromatic carbocycles. The van der Waals surface area contributed by atoms with Crippen molar-refractivity contribution in [3.8, 4) is 0 Å². The summed E-state index contributed by atoms with van der Waals surface area (Å²) in [6.07, 6.45) is 0. The van der Waals surface area contributed by atoms with E-state index in [0.717, 1.165) is 16.5 Å². The van der Waals surface area contributed by atoms with Crippen molar-refractivity contribution in [3.05, 3.63) is 17.5 Å². The largest absolute Gasteiger partial charge is 0.228 e. The molecular weight excluding hydrogens is 216 g/mol. The fourth-order valence-corrected chi connectivity index (χ4v) is 2.11. The van der Waals surface area contributed by atoms with Crippen molar-refractivity contribution in [3.63, 3.8) is 0 Å². The highest BCUT2D eigenvalue weighted by Gasteiger charge is 2.19. The first-order valence-electron chi connectivity index (χ1n) is 4.50. The SMILES string of the molecule is Cc1cc(C)nc(SC(C)(C)CCl)n1. The molecule has 78 valence electrons. The Balaban J connectivity index is 2.87. The molecule has 1 aromatic heterocycles. The molecule has 2 nitrogen and oxygen atoms in total. The number of rotatable bonds is 3. The molecule has 0 unspecified atom stereocenters. The molecule has 0 bridgehead atoms. The molecule has 14 heavy (non-hydrogen) atoms. The van der Waals surface area contributed by atoms with Gasteiger partial charge in [0.25, 0.3) is 0 Å². The van der Waals surface area contributed by atoms with Crippen LogP contribution in [0.1, 0.15) is 25.2 Å². The zero-order chi connectivity index (χ0) is 10.8. The first-order valence-corrected chi connectivity index (χ1v) is 5.85. The summed E-state index contributed by atoms with van der Waals surface area (Å²) in [7, 11) is 0. The van der Waals surface area contributed by atoms with Crippen LogP contribution in [0.2, 0.25) is 0 Å². The molecule has 0 aliphatic heterocycles. The minimum absolute atomic E-state index is 0.0121. The van der Waals surface area contributed by atoms with Crippen LogP contribution in [0.4, 0.5) is 0 Å². The fraction of sp³-hybridized carbons (Fsp3) is 0.600. The molecule has 0 aliphatic rings. The fourth-order valence-electron chi connectivity index (χ4n) is 1.01. The van der Waals surface area contributed by atoms with Crippen LogP contribution in [0.5, 0.6) is 0 Å². The summed E-state index contributed by atoms with van der Waals surface area (Å²) in [4.78, 5) is 8.72. The van der Waals surface area contributed by atoms with Crippen molar-refractivity contribution in [2.75, 3.05) is 5.88 Å². The van der Waals surface area contributed by atoms with E-state index in [-0.39, 0.29) is 4.75 Å². The maximum Gasteiger partial charge on any atom is 0.188 e. The quantitative estimate of drug-likeness (QED) is 0.453. The standard InChI is InChI=1S/C10H15ClN2S/c1-7-5-8(2)13-9(12-7)14-10(3,4)6-11/h5H,6H2,1-4H3. The van der Waals surface area contributed by atoms with Crippen LogP contribution in [-0.4, -0.2) is 20.6 Å². The molecule has 0 fully saturated rings. The number of aromatic nitrogens is 2. The minimum Gasteiger partial charge on any atom is -0.228 e. The lowest BCUT2D eigenvalue weighted by Gasteiger charge is -2.19. The van der Waals surface area contributed by atoms with Gasteiger partial charge in [0.1, 0.15) is 0 Å². The Labute approximate surface area is 94.5 Å². The Morgan fingerprint density at radius 1 is 1.29 bits per heavy atom. The third-order valence-electron chi connectivity index (χ3n) is 1.65. The van der Waals surface area contributed by atoms with E-state index in [1.165, 1.54) is 0 Å². The third-order valence-corrected chi connectivity index (χ3v) is 3.54. The Hall–Kier alpha value is -0.280. The second-order valence-electron chi connectivity index (χ2n) is 3.93. The first-order chi connectivity index (χ1) is 6.43. The maximum absolute atomic E-state index is 5.85. The predicted molar refractivity (Wildman–Crippen MR) is 62.2 cm³/mol. The summed E-state index contributed by atoms with van der Waals surface area (Å²) < 4.78 is -0.0121. The average Bonchev–Trinajstić information content (AvgIpc) is 2.01. The van der Waals surface area contributed by atoms with Crippen LogP contribution < -0.4 is 0 Å². The molecule has 4 heteroatoms. The lowest BCUT2D eigenvalue weighted by Crippen LogP contribution is -2.17. The summed E-state index contributed by atoms with van der Waals surface area (Å²) in [6.45, 7) is 8.14. The topological polar surface area (TPSA) is 25.8 Å². The van der Waals surface area contributed by atoms with Gasteiger partial charge >= 0.3 is 0 Å². The molecule has 0 spiro atoms. The normalized spacial score (nSPS) is 11.8. The van der Waals surface area contributed by atoms with E-state index in [1.807, 2.05) is 19.9 Å². The van der Waals surface area contributed by atoms with Gasteiger partial charge < -0.3 is 0 Å². The number of aryl methyl sites for hydroxylation is 2. The monoisotopic (exact) mass is 230 g/mol. The van der Waals surface area contributed by atoms with E-state index >= 15 is 0 Å². The van der Waals surface area contributed by atoms with Crippen molar-refractivity contribution in [1.29, 1.82) is 0 Å². The van der Waals surface area contributed by atoms with Crippen molar-refractivity contribution >= 4 is 23.4 Å². The lowest BCUT2D eigenvalue weighted by atomic mass is 10.2. The van der Waals surface area contributed by atoms with Gasteiger partial charge in [0.05, 0.1) is 0 Å². The predicted octanol–water partition coefficient (Wildman–Crippen LogP) is 3.20. The number of hydrogen-bond donors (Lipinski definition) is 0. The Morgan fingerprint density at radius 2 is 1.79 bits per heavy atom. The molecule has 0 saturated heterocycles. The van der Waals surface area contributed by atoms with Crippen LogP contribution in [0.25, 0.3) is 0 Å². The molecule has 0 saturated carbocycles. The van der Waals surface area contributed by atoms with Crippen molar-refractivity contribution in [2.45, 2.75) is 37.6 Å². The molecule has 0 aliphatic carbocycles. The van der Waals surface area contributed by atoms with Crippen molar-refractivity contribution in [1.82, 2.24) is 9.97 Å². The number of nitrogens with zero attached hydrogens (tertiary/aromatic N) is 2. The molecule has 1 heterocycles. The van der Waals surface area contributed by atoms with Crippen molar-refractivity contribution in [2.24, 2.45) is 0 Å². The maximum atomic E-state index is 5.85. The number of thioether (sulfide) groups is 1. The Bertz CT molecular complexity index is 306. The zero-order valence-corrected chi connectivity index (χ0v) is 10.5. The van der Waals surface area contributed by atoms with Crippen LogP contribution in [-0.2, 0) is 0 Å². The second kappa shape index (κ2) is 4.49. The Morgan fingerprint density at radius 3 is 2.21 bits per heavy atom. The second-order valence-corrected chi connectivity index (χ2v) is 5.87. The van der Waals surface area contributed by atoms with Gasteiger partial charge in [0, 0.05) is 22.0 Å². The zero-order valence-electron chi connectivity index (χ0n) is 8.97. The van der Waals surface area contributed by atoms with E-state index in [2.05, 4.69) is 23.8 Å². The molecule has 0 radical (unpaired) electrons. The van der Waals surface area contributed by atoms with E-state index < -0.39 is 0 Å². The summed E-state index contributed by atoms with van der Waals surface area (Å²) >= 11 is 7.47. The van der Waals surface area contributed by atoms with Crippen LogP contribution >= 0.6 is 23.4 Å². The van der Waals surface area contributed by atoms with Crippen molar-refractivity contribution < 1.29 is 0 Å². The van der Waals surface area contributed by atoms with Gasteiger partial charge in [-0.3, -0.25) is 0 Å². The van der Waals surface area contributed by atoms with Gasteiger partial charge in [-0.2, -0.15) is 0 Å². The lowest BCUT2D eigenvalue weighted by molar-refractivity contribution is 0.794. The molecule has 0 N–H and O–H groups in total. The summed E-state index contributed by atoms with van der Waals surface area (Å²) in [6, 6.07) is 1.97. The highest BCUT2D eigenvalue weighted by Crippen LogP contribution is 2.30. The van der Waals surface area contributed by atoms with Gasteiger partial charge in [-0.25, -0.2) is 9.97 Å². The molecule has 1 rings (SSSR count). The minimum atomic E-state index is -0.0121. The molecule has 0 atom stereocenters. The third kappa shape index (κ3) is 3.46. The highest BCUT2D eigenvalue weighted by molar-refractivity contribution is 8.00. The van der Waals surface area contributed by atoms with Gasteiger partial charge in [-0.1, -0.05) is 11.8 Å². The van der Waals surface area contributed by atoms with Crippen LogP contribution in [0, 0.1) is 13.8 Å². The van der Waals surface area contributed by atoms with E-state index in [0.29, 0.717) is 5.88 Å². The van der Waals surface area contributed by atoms with Gasteiger partial charge in [-0.05, 0) is 33.8 Å². The van der Waals surface area contributed by atoms with Crippen LogP contribution in [0.15, 0.2) is 11.2 Å². The van der Waals surface area contributed by atoms with E-state index in [9.17, 15) is 0 Å². The van der Waals surface area contributed by atoms with Gasteiger partial charge in [0.2, 0.25) is 0 Å². The number of hydrogen-bond acceptors (Lipinski definition) is 3. The molecular formula is C10H15ClN2S. The summed E-state index contributed by atoms with van der Waals surface area (Å²) in [5.41, 5.74) is 2.01. The highest BCUT2D eigenvalue weighted by atomic mass is 35.5. The van der Waals surface area contributed by atoms with Crippen LogP contribution in [0.3, 0.4) is 0 Å². The molecule has 0 amide bonds. The Kier molecular flexibility index (Phi) is 3.78. The summed E-state index contributed by atoms with van der Waals surface area (Å²) in [5.74, 6) is 0.591. The number of alkyl halides is 1. The van der Waals surface area contributed by atoms with Gasteiger partial charge in [0.15, 0.2) is 5.16 Å². The van der Waals surface area contributed by atoms with Gasteiger partial charge in [-0.15, -0.1) is 11.6 Å². The molecule has 1 aromatic rings. The average molecular weight is 231 g/mol. The smallest absolute Gasteiger partial charge is 0.188 e. The van der Waals surface area contributed by atoms with E-state index in [1.54, 1.807) is 11.8 Å². The number of halogens is 1. The van der Waals surface area contributed by atoms with E-state index in [4.69, 9.17) is 11.6 Å². The first kappa shape index (κ1) is 11.8.